The number of hydrogen-bond acceptors (Lipinski definition) is 3. The summed E-state index contributed by atoms with van der Waals surface area (Å²) in [5.41, 5.74) is 4.83. The third-order valence-electron chi connectivity index (χ3n) is 2.09. The molecule has 1 amide bonds. The summed E-state index contributed by atoms with van der Waals surface area (Å²) < 4.78 is 4.64. The Bertz CT molecular complexity index is 150. The molecule has 0 saturated carbocycles. The van der Waals surface area contributed by atoms with Crippen LogP contribution in [0.25, 0.3) is 0 Å². The van der Waals surface area contributed by atoms with Crippen LogP contribution in [0.4, 0.5) is 4.79 Å². The van der Waals surface area contributed by atoms with E-state index in [0.717, 1.165) is 19.3 Å². The molecular weight excluding hydrogens is 170 g/mol. The molecule has 2 unspecified atom stereocenters. The quantitative estimate of drug-likeness (QED) is 0.660. The van der Waals surface area contributed by atoms with Crippen LogP contribution < -0.4 is 5.73 Å². The van der Waals surface area contributed by atoms with Gasteiger partial charge < -0.3 is 15.6 Å². The Balaban J connectivity index is 3.79. The zero-order valence-electron chi connectivity index (χ0n) is 8.32. The van der Waals surface area contributed by atoms with E-state index in [1.165, 1.54) is 0 Å². The highest BCUT2D eigenvalue weighted by Crippen LogP contribution is 2.13. The molecule has 4 heteroatoms. The van der Waals surface area contributed by atoms with Crippen molar-refractivity contribution >= 4 is 6.09 Å². The SMILES string of the molecule is CCCC(O)C(CC)COC(N)=O. The third kappa shape index (κ3) is 5.47. The molecule has 0 aromatic rings. The number of aliphatic hydroxyl groups excluding tert-OH is 1. The van der Waals surface area contributed by atoms with E-state index in [0.29, 0.717) is 0 Å². The monoisotopic (exact) mass is 189 g/mol. The smallest absolute Gasteiger partial charge is 0.404 e. The van der Waals surface area contributed by atoms with E-state index in [9.17, 15) is 9.90 Å². The Labute approximate surface area is 79.1 Å². The lowest BCUT2D eigenvalue weighted by Crippen LogP contribution is -2.27. The van der Waals surface area contributed by atoms with Gasteiger partial charge in [-0.2, -0.15) is 0 Å². The molecule has 4 nitrogen and oxygen atoms in total. The topological polar surface area (TPSA) is 72.6 Å². The van der Waals surface area contributed by atoms with Gasteiger partial charge in [0.05, 0.1) is 12.7 Å². The number of aliphatic hydroxyl groups is 1. The number of ether oxygens (including phenoxy) is 1. The molecule has 0 saturated heterocycles. The van der Waals surface area contributed by atoms with Crippen LogP contribution in [-0.2, 0) is 4.74 Å². The van der Waals surface area contributed by atoms with E-state index >= 15 is 0 Å². The van der Waals surface area contributed by atoms with Gasteiger partial charge in [-0.15, -0.1) is 0 Å². The van der Waals surface area contributed by atoms with Crippen molar-refractivity contribution in [3.05, 3.63) is 0 Å². The van der Waals surface area contributed by atoms with Crippen molar-refractivity contribution in [1.82, 2.24) is 0 Å². The van der Waals surface area contributed by atoms with E-state index in [1.54, 1.807) is 0 Å². The first-order valence-corrected chi connectivity index (χ1v) is 4.72. The number of carbonyl (C=O) groups is 1. The van der Waals surface area contributed by atoms with Crippen LogP contribution in [0.2, 0.25) is 0 Å². The van der Waals surface area contributed by atoms with E-state index in [4.69, 9.17) is 5.73 Å². The molecule has 0 spiro atoms. The standard InChI is InChI=1S/C9H19NO3/c1-3-5-8(11)7(4-2)6-13-9(10)12/h7-8,11H,3-6H2,1-2H3,(H2,10,12). The van der Waals surface area contributed by atoms with Gasteiger partial charge in [0.25, 0.3) is 0 Å². The maximum absolute atomic E-state index is 10.3. The van der Waals surface area contributed by atoms with Crippen molar-refractivity contribution in [1.29, 1.82) is 0 Å². The van der Waals surface area contributed by atoms with E-state index < -0.39 is 12.2 Å². The van der Waals surface area contributed by atoms with Gasteiger partial charge in [0.15, 0.2) is 0 Å². The zero-order chi connectivity index (χ0) is 10.3. The van der Waals surface area contributed by atoms with Crippen molar-refractivity contribution in [3.8, 4) is 0 Å². The number of rotatable bonds is 6. The summed E-state index contributed by atoms with van der Waals surface area (Å²) in [5.74, 6) is 0.00690. The van der Waals surface area contributed by atoms with Gasteiger partial charge in [-0.25, -0.2) is 4.79 Å². The molecular formula is C9H19NO3. The number of carbonyl (C=O) groups excluding carboxylic acids is 1. The lowest BCUT2D eigenvalue weighted by Gasteiger charge is -2.20. The van der Waals surface area contributed by atoms with Crippen LogP contribution in [0.1, 0.15) is 33.1 Å². The molecule has 0 heterocycles. The molecule has 0 aliphatic rings. The minimum absolute atomic E-state index is 0.00690. The highest BCUT2D eigenvalue weighted by Gasteiger charge is 2.17. The Morgan fingerprint density at radius 3 is 2.54 bits per heavy atom. The van der Waals surface area contributed by atoms with Crippen molar-refractivity contribution in [2.45, 2.75) is 39.2 Å². The normalized spacial score (nSPS) is 15.0. The first-order chi connectivity index (χ1) is 6.11. The van der Waals surface area contributed by atoms with Crippen LogP contribution >= 0.6 is 0 Å². The van der Waals surface area contributed by atoms with Gasteiger partial charge in [-0.05, 0) is 12.8 Å². The Kier molecular flexibility index (Phi) is 6.32. The van der Waals surface area contributed by atoms with Crippen molar-refractivity contribution in [2.75, 3.05) is 6.61 Å². The number of nitrogens with two attached hydrogens (primary N) is 1. The summed E-state index contributed by atoms with van der Waals surface area (Å²) in [6.07, 6.45) is 1.28. The number of hydrogen-bond donors (Lipinski definition) is 2. The highest BCUT2D eigenvalue weighted by atomic mass is 16.5. The van der Waals surface area contributed by atoms with E-state index in [2.05, 4.69) is 4.74 Å². The number of primary amides is 1. The molecule has 0 aliphatic heterocycles. The second kappa shape index (κ2) is 6.71. The van der Waals surface area contributed by atoms with Crippen molar-refractivity contribution in [3.63, 3.8) is 0 Å². The largest absolute Gasteiger partial charge is 0.449 e. The zero-order valence-corrected chi connectivity index (χ0v) is 8.32. The van der Waals surface area contributed by atoms with Gasteiger partial charge in [0.2, 0.25) is 0 Å². The van der Waals surface area contributed by atoms with Crippen molar-refractivity contribution in [2.24, 2.45) is 11.7 Å². The summed E-state index contributed by atoms with van der Waals surface area (Å²) in [6.45, 7) is 4.17. The summed E-state index contributed by atoms with van der Waals surface area (Å²) >= 11 is 0. The average Bonchev–Trinajstić information content (AvgIpc) is 2.05. The van der Waals surface area contributed by atoms with Crippen LogP contribution in [0.15, 0.2) is 0 Å². The van der Waals surface area contributed by atoms with E-state index in [1.807, 2.05) is 13.8 Å². The first-order valence-electron chi connectivity index (χ1n) is 4.72. The van der Waals surface area contributed by atoms with Gasteiger partial charge in [-0.1, -0.05) is 20.3 Å². The average molecular weight is 189 g/mol. The molecule has 0 aliphatic carbocycles. The van der Waals surface area contributed by atoms with Crippen molar-refractivity contribution < 1.29 is 14.6 Å². The maximum Gasteiger partial charge on any atom is 0.404 e. The second-order valence-corrected chi connectivity index (χ2v) is 3.15. The number of amides is 1. The Hall–Kier alpha value is -0.770. The summed E-state index contributed by atoms with van der Waals surface area (Å²) in [7, 11) is 0. The summed E-state index contributed by atoms with van der Waals surface area (Å²) in [6, 6.07) is 0. The molecule has 0 aromatic carbocycles. The third-order valence-corrected chi connectivity index (χ3v) is 2.09. The molecule has 0 bridgehead atoms. The molecule has 0 rings (SSSR count). The van der Waals surface area contributed by atoms with Gasteiger partial charge >= 0.3 is 6.09 Å². The summed E-state index contributed by atoms with van der Waals surface area (Å²) in [5, 5.41) is 9.59. The molecule has 0 radical (unpaired) electrons. The molecule has 2 atom stereocenters. The van der Waals surface area contributed by atoms with E-state index in [-0.39, 0.29) is 12.5 Å². The lowest BCUT2D eigenvalue weighted by atomic mass is 9.97. The molecule has 78 valence electrons. The molecule has 3 N–H and O–H groups in total. The second-order valence-electron chi connectivity index (χ2n) is 3.15. The minimum atomic E-state index is -0.776. The molecule has 13 heavy (non-hydrogen) atoms. The minimum Gasteiger partial charge on any atom is -0.449 e. The van der Waals surface area contributed by atoms with Crippen LogP contribution in [0.3, 0.4) is 0 Å². The molecule has 0 aromatic heterocycles. The van der Waals surface area contributed by atoms with Crippen LogP contribution in [-0.4, -0.2) is 23.9 Å². The van der Waals surface area contributed by atoms with Crippen LogP contribution in [0, 0.1) is 5.92 Å². The predicted octanol–water partition coefficient (Wildman–Crippen LogP) is 1.27. The Morgan fingerprint density at radius 1 is 1.54 bits per heavy atom. The lowest BCUT2D eigenvalue weighted by molar-refractivity contribution is 0.0486. The fraction of sp³-hybridized carbons (Fsp3) is 0.889. The fourth-order valence-corrected chi connectivity index (χ4v) is 1.22. The van der Waals surface area contributed by atoms with Gasteiger partial charge in [0, 0.05) is 5.92 Å². The summed E-state index contributed by atoms with van der Waals surface area (Å²) in [4.78, 5) is 10.3. The van der Waals surface area contributed by atoms with Gasteiger partial charge in [0.1, 0.15) is 0 Å². The maximum atomic E-state index is 10.3. The first kappa shape index (κ1) is 12.2. The van der Waals surface area contributed by atoms with Crippen LogP contribution in [0.5, 0.6) is 0 Å². The predicted molar refractivity (Wildman–Crippen MR) is 50.2 cm³/mol. The molecule has 0 fully saturated rings. The highest BCUT2D eigenvalue weighted by molar-refractivity contribution is 5.64. The van der Waals surface area contributed by atoms with Gasteiger partial charge in [-0.3, -0.25) is 0 Å². The fourth-order valence-electron chi connectivity index (χ4n) is 1.22. The Morgan fingerprint density at radius 2 is 2.15 bits per heavy atom.